The summed E-state index contributed by atoms with van der Waals surface area (Å²) in [7, 11) is 2.85. The van der Waals surface area contributed by atoms with Crippen molar-refractivity contribution in [3.63, 3.8) is 0 Å². The van der Waals surface area contributed by atoms with Gasteiger partial charge in [-0.3, -0.25) is 14.9 Å². The van der Waals surface area contributed by atoms with Crippen molar-refractivity contribution >= 4 is 44.0 Å². The minimum Gasteiger partial charge on any atom is -0.495 e. The fraction of sp³-hybridized carbons (Fsp3) is 0.0909. The third-order valence-electron chi connectivity index (χ3n) is 4.63. The summed E-state index contributed by atoms with van der Waals surface area (Å²) >= 11 is 1.34. The van der Waals surface area contributed by atoms with Crippen molar-refractivity contribution in [2.75, 3.05) is 19.1 Å². The smallest absolute Gasteiger partial charge is 0.311 e. The number of benzene rings is 3. The number of thiazole rings is 1. The first-order chi connectivity index (χ1) is 15.0. The summed E-state index contributed by atoms with van der Waals surface area (Å²) in [6, 6.07) is 18.7. The monoisotopic (exact) mass is 435 g/mol. The number of fused-ring (bicyclic) bond motifs is 1. The highest BCUT2D eigenvalue weighted by atomic mass is 32.1. The number of amides is 1. The van der Waals surface area contributed by atoms with Crippen LogP contribution in [0.3, 0.4) is 0 Å². The van der Waals surface area contributed by atoms with Crippen LogP contribution < -0.4 is 14.4 Å². The zero-order chi connectivity index (χ0) is 22.0. The lowest BCUT2D eigenvalue weighted by molar-refractivity contribution is -0.385. The van der Waals surface area contributed by atoms with Gasteiger partial charge in [-0.1, -0.05) is 35.6 Å². The summed E-state index contributed by atoms with van der Waals surface area (Å²) in [6.07, 6.45) is 0. The molecule has 0 spiro atoms. The Morgan fingerprint density at radius 1 is 1.00 bits per heavy atom. The van der Waals surface area contributed by atoms with Gasteiger partial charge in [0.2, 0.25) is 0 Å². The Kier molecular flexibility index (Phi) is 5.50. The average molecular weight is 435 g/mol. The Hall–Kier alpha value is -3.98. The number of para-hydroxylation sites is 3. The van der Waals surface area contributed by atoms with Gasteiger partial charge < -0.3 is 9.47 Å². The molecule has 8 nitrogen and oxygen atoms in total. The SMILES string of the molecule is COc1ccccc1N(C(=O)c1ccc(OC)c([N+](=O)[O-])c1)c1nc2ccccc2s1. The highest BCUT2D eigenvalue weighted by Crippen LogP contribution is 2.39. The fourth-order valence-corrected chi connectivity index (χ4v) is 4.14. The van der Waals surface area contributed by atoms with E-state index >= 15 is 0 Å². The Labute approximate surface area is 181 Å². The molecule has 0 unspecified atom stereocenters. The second-order valence-corrected chi connectivity index (χ2v) is 7.43. The lowest BCUT2D eigenvalue weighted by Crippen LogP contribution is -2.26. The molecule has 1 heterocycles. The number of nitro groups is 1. The van der Waals surface area contributed by atoms with Crippen LogP contribution in [0.25, 0.3) is 10.2 Å². The van der Waals surface area contributed by atoms with Gasteiger partial charge in [-0.2, -0.15) is 0 Å². The standard InChI is InChI=1S/C22H17N3O5S/c1-29-18-9-5-4-8-16(18)24(22-23-15-7-3-6-10-20(15)31-22)21(26)14-11-12-19(30-2)17(13-14)25(27)28/h3-13H,1-2H3. The molecule has 0 bridgehead atoms. The molecule has 9 heteroatoms. The normalized spacial score (nSPS) is 10.6. The van der Waals surface area contributed by atoms with Gasteiger partial charge in [-0.15, -0.1) is 0 Å². The maximum atomic E-state index is 13.6. The van der Waals surface area contributed by atoms with Gasteiger partial charge in [-0.25, -0.2) is 9.88 Å². The molecule has 0 radical (unpaired) electrons. The first-order valence-electron chi connectivity index (χ1n) is 9.19. The molecule has 4 aromatic rings. The third-order valence-corrected chi connectivity index (χ3v) is 5.65. The van der Waals surface area contributed by atoms with Gasteiger partial charge in [0.25, 0.3) is 5.91 Å². The van der Waals surface area contributed by atoms with E-state index in [-0.39, 0.29) is 17.0 Å². The van der Waals surface area contributed by atoms with Crippen LogP contribution in [0.15, 0.2) is 66.7 Å². The molecule has 0 N–H and O–H groups in total. The number of anilines is 2. The van der Waals surface area contributed by atoms with Crippen molar-refractivity contribution in [1.82, 2.24) is 4.98 Å². The molecule has 0 aliphatic carbocycles. The van der Waals surface area contributed by atoms with E-state index < -0.39 is 10.8 Å². The summed E-state index contributed by atoms with van der Waals surface area (Å²) in [4.78, 5) is 30.5. The molecule has 0 fully saturated rings. The first kappa shape index (κ1) is 20.3. The van der Waals surface area contributed by atoms with Crippen molar-refractivity contribution < 1.29 is 19.2 Å². The first-order valence-corrected chi connectivity index (χ1v) is 10.0. The van der Waals surface area contributed by atoms with Crippen LogP contribution in [-0.4, -0.2) is 30.0 Å². The summed E-state index contributed by atoms with van der Waals surface area (Å²) in [5.74, 6) is 0.0674. The van der Waals surface area contributed by atoms with Crippen molar-refractivity contribution in [2.45, 2.75) is 0 Å². The Bertz CT molecular complexity index is 1250. The summed E-state index contributed by atoms with van der Waals surface area (Å²) in [6.45, 7) is 0. The summed E-state index contributed by atoms with van der Waals surface area (Å²) < 4.78 is 11.4. The van der Waals surface area contributed by atoms with E-state index in [9.17, 15) is 14.9 Å². The Morgan fingerprint density at radius 3 is 2.42 bits per heavy atom. The van der Waals surface area contributed by atoms with E-state index in [1.807, 2.05) is 24.3 Å². The maximum Gasteiger partial charge on any atom is 0.311 e. The minimum absolute atomic E-state index is 0.0744. The van der Waals surface area contributed by atoms with E-state index in [2.05, 4.69) is 4.98 Å². The van der Waals surface area contributed by atoms with Gasteiger partial charge in [-0.05, 0) is 36.4 Å². The lowest BCUT2D eigenvalue weighted by atomic mass is 10.1. The van der Waals surface area contributed by atoms with E-state index in [0.717, 1.165) is 10.2 Å². The average Bonchev–Trinajstić information content (AvgIpc) is 3.22. The van der Waals surface area contributed by atoms with E-state index in [1.54, 1.807) is 24.3 Å². The molecule has 1 aromatic heterocycles. The predicted octanol–water partition coefficient (Wildman–Crippen LogP) is 5.20. The number of nitro benzene ring substituents is 1. The third kappa shape index (κ3) is 3.78. The number of aromatic nitrogens is 1. The van der Waals surface area contributed by atoms with Crippen molar-refractivity contribution in [2.24, 2.45) is 0 Å². The Morgan fingerprint density at radius 2 is 1.71 bits per heavy atom. The number of carbonyl (C=O) groups excluding carboxylic acids is 1. The number of methoxy groups -OCH3 is 2. The van der Waals surface area contributed by atoms with E-state index in [0.29, 0.717) is 16.6 Å². The minimum atomic E-state index is -0.583. The molecule has 0 saturated carbocycles. The molecule has 0 atom stereocenters. The predicted molar refractivity (Wildman–Crippen MR) is 119 cm³/mol. The highest BCUT2D eigenvalue weighted by Gasteiger charge is 2.28. The van der Waals surface area contributed by atoms with Crippen LogP contribution in [-0.2, 0) is 0 Å². The second kappa shape index (κ2) is 8.41. The van der Waals surface area contributed by atoms with Crippen molar-refractivity contribution in [1.29, 1.82) is 0 Å². The van der Waals surface area contributed by atoms with Gasteiger partial charge in [0, 0.05) is 11.6 Å². The number of hydrogen-bond donors (Lipinski definition) is 0. The molecule has 4 rings (SSSR count). The Balaban J connectivity index is 1.89. The zero-order valence-electron chi connectivity index (χ0n) is 16.6. The summed E-state index contributed by atoms with van der Waals surface area (Å²) in [5.41, 5.74) is 1.05. The van der Waals surface area contributed by atoms with Gasteiger partial charge in [0.1, 0.15) is 5.75 Å². The van der Waals surface area contributed by atoms with Gasteiger partial charge >= 0.3 is 5.69 Å². The highest BCUT2D eigenvalue weighted by molar-refractivity contribution is 7.22. The summed E-state index contributed by atoms with van der Waals surface area (Å²) in [5, 5.41) is 11.9. The number of carbonyl (C=O) groups is 1. The van der Waals surface area contributed by atoms with Crippen molar-refractivity contribution in [3.8, 4) is 11.5 Å². The number of hydrogen-bond acceptors (Lipinski definition) is 7. The molecule has 156 valence electrons. The van der Waals surface area contributed by atoms with Crippen LogP contribution >= 0.6 is 11.3 Å². The molecule has 0 aliphatic heterocycles. The number of rotatable bonds is 6. The topological polar surface area (TPSA) is 94.8 Å². The molecule has 31 heavy (non-hydrogen) atoms. The largest absolute Gasteiger partial charge is 0.495 e. The van der Waals surface area contributed by atoms with Crippen LogP contribution in [0.2, 0.25) is 0 Å². The fourth-order valence-electron chi connectivity index (χ4n) is 3.16. The van der Waals surface area contributed by atoms with E-state index in [1.165, 1.54) is 48.7 Å². The number of ether oxygens (including phenoxy) is 2. The second-order valence-electron chi connectivity index (χ2n) is 6.42. The molecule has 0 saturated heterocycles. The van der Waals surface area contributed by atoms with Crippen LogP contribution in [0, 0.1) is 10.1 Å². The zero-order valence-corrected chi connectivity index (χ0v) is 17.5. The lowest BCUT2D eigenvalue weighted by Gasteiger charge is -2.22. The van der Waals surface area contributed by atoms with Crippen molar-refractivity contribution in [3.05, 3.63) is 82.4 Å². The molecule has 0 aliphatic rings. The van der Waals surface area contributed by atoms with Gasteiger partial charge in [0.15, 0.2) is 10.9 Å². The van der Waals surface area contributed by atoms with E-state index in [4.69, 9.17) is 9.47 Å². The maximum absolute atomic E-state index is 13.6. The van der Waals surface area contributed by atoms with Gasteiger partial charge in [0.05, 0.1) is 35.0 Å². The quantitative estimate of drug-likeness (QED) is 0.305. The van der Waals surface area contributed by atoms with Crippen LogP contribution in [0.4, 0.5) is 16.5 Å². The van der Waals surface area contributed by atoms with Crippen LogP contribution in [0.1, 0.15) is 10.4 Å². The number of nitrogens with zero attached hydrogens (tertiary/aromatic N) is 3. The van der Waals surface area contributed by atoms with Crippen LogP contribution in [0.5, 0.6) is 11.5 Å². The molecular formula is C22H17N3O5S. The molecule has 1 amide bonds. The molecule has 3 aromatic carbocycles. The molecular weight excluding hydrogens is 418 g/mol.